The van der Waals surface area contributed by atoms with Gasteiger partial charge in [-0.1, -0.05) is 12.1 Å². The zero-order valence-electron chi connectivity index (χ0n) is 14.5. The van der Waals surface area contributed by atoms with Crippen LogP contribution in [0.25, 0.3) is 0 Å². The van der Waals surface area contributed by atoms with Crippen LogP contribution in [0.15, 0.2) is 47.3 Å². The standard InChI is InChI=1S/C17H17BrN6O3/c1-12-16(24(26)27)9-20-23(12)6-5-17(25)21-15-4-2-3-13(7-15)10-22-11-14(18)8-19-22/h2-4,7-9,11H,5-6,10H2,1H3,(H,21,25). The van der Waals surface area contributed by atoms with E-state index in [0.29, 0.717) is 17.9 Å². The number of amides is 1. The minimum Gasteiger partial charge on any atom is -0.326 e. The summed E-state index contributed by atoms with van der Waals surface area (Å²) in [6, 6.07) is 7.52. The number of rotatable bonds is 7. The Bertz CT molecular complexity index is 981. The number of aromatic nitrogens is 4. The highest BCUT2D eigenvalue weighted by molar-refractivity contribution is 9.10. The maximum Gasteiger partial charge on any atom is 0.309 e. The molecule has 3 rings (SSSR count). The van der Waals surface area contributed by atoms with Crippen molar-refractivity contribution in [3.8, 4) is 0 Å². The number of hydrogen-bond acceptors (Lipinski definition) is 5. The quantitative estimate of drug-likeness (QED) is 0.455. The van der Waals surface area contributed by atoms with Gasteiger partial charge in [-0.05, 0) is 40.5 Å². The molecule has 2 heterocycles. The summed E-state index contributed by atoms with van der Waals surface area (Å²) in [6.07, 6.45) is 4.95. The molecule has 0 fully saturated rings. The Kier molecular flexibility index (Phi) is 5.65. The molecule has 10 heteroatoms. The third kappa shape index (κ3) is 4.79. The molecule has 0 radical (unpaired) electrons. The molecule has 27 heavy (non-hydrogen) atoms. The third-order valence-electron chi connectivity index (χ3n) is 3.98. The summed E-state index contributed by atoms with van der Waals surface area (Å²) >= 11 is 3.36. The van der Waals surface area contributed by atoms with Crippen molar-refractivity contribution in [2.24, 2.45) is 0 Å². The normalized spacial score (nSPS) is 10.7. The Hall–Kier alpha value is -3.01. The van der Waals surface area contributed by atoms with Gasteiger partial charge in [0.15, 0.2) is 0 Å². The highest BCUT2D eigenvalue weighted by Gasteiger charge is 2.16. The number of aryl methyl sites for hydroxylation is 1. The second-order valence-electron chi connectivity index (χ2n) is 5.95. The first-order valence-corrected chi connectivity index (χ1v) is 8.95. The van der Waals surface area contributed by atoms with Crippen molar-refractivity contribution < 1.29 is 9.72 Å². The van der Waals surface area contributed by atoms with E-state index in [2.05, 4.69) is 31.4 Å². The van der Waals surface area contributed by atoms with Gasteiger partial charge in [0.1, 0.15) is 11.9 Å². The molecule has 0 atom stereocenters. The average Bonchev–Trinajstić information content (AvgIpc) is 3.19. The molecule has 1 N–H and O–H groups in total. The van der Waals surface area contributed by atoms with E-state index in [1.54, 1.807) is 17.8 Å². The topological polar surface area (TPSA) is 108 Å². The van der Waals surface area contributed by atoms with Crippen molar-refractivity contribution in [2.75, 3.05) is 5.32 Å². The molecule has 0 aliphatic carbocycles. The Labute approximate surface area is 163 Å². The number of carbonyl (C=O) groups excluding carboxylic acids is 1. The molecule has 1 aromatic carbocycles. The molecule has 9 nitrogen and oxygen atoms in total. The molecule has 3 aromatic rings. The van der Waals surface area contributed by atoms with Crippen LogP contribution in [0, 0.1) is 17.0 Å². The van der Waals surface area contributed by atoms with Crippen LogP contribution in [-0.4, -0.2) is 30.4 Å². The minimum atomic E-state index is -0.484. The minimum absolute atomic E-state index is 0.0478. The van der Waals surface area contributed by atoms with Crippen molar-refractivity contribution in [3.63, 3.8) is 0 Å². The summed E-state index contributed by atoms with van der Waals surface area (Å²) in [5.74, 6) is -0.188. The number of nitrogens with zero attached hydrogens (tertiary/aromatic N) is 5. The lowest BCUT2D eigenvalue weighted by Gasteiger charge is -2.08. The van der Waals surface area contributed by atoms with Crippen LogP contribution in [0.2, 0.25) is 0 Å². The van der Waals surface area contributed by atoms with E-state index >= 15 is 0 Å². The summed E-state index contributed by atoms with van der Waals surface area (Å²) in [5, 5.41) is 21.9. The first kappa shape index (κ1) is 18.8. The second-order valence-corrected chi connectivity index (χ2v) is 6.87. The Balaban J connectivity index is 1.58. The van der Waals surface area contributed by atoms with E-state index < -0.39 is 4.92 Å². The molecule has 0 aliphatic heterocycles. The SMILES string of the molecule is Cc1c([N+](=O)[O-])cnn1CCC(=O)Nc1cccc(Cn2cc(Br)cn2)c1. The Morgan fingerprint density at radius 2 is 2.15 bits per heavy atom. The van der Waals surface area contributed by atoms with Gasteiger partial charge in [-0.15, -0.1) is 0 Å². The van der Waals surface area contributed by atoms with Crippen molar-refractivity contribution in [2.45, 2.75) is 26.4 Å². The summed E-state index contributed by atoms with van der Waals surface area (Å²) < 4.78 is 4.16. The van der Waals surface area contributed by atoms with Crippen molar-refractivity contribution in [3.05, 3.63) is 68.7 Å². The zero-order valence-corrected chi connectivity index (χ0v) is 16.1. The van der Waals surface area contributed by atoms with Crippen molar-refractivity contribution in [1.82, 2.24) is 19.6 Å². The largest absolute Gasteiger partial charge is 0.326 e. The van der Waals surface area contributed by atoms with Gasteiger partial charge in [-0.3, -0.25) is 24.3 Å². The van der Waals surface area contributed by atoms with Gasteiger partial charge < -0.3 is 5.32 Å². The first-order valence-electron chi connectivity index (χ1n) is 8.16. The predicted octanol–water partition coefficient (Wildman–Crippen LogP) is 3.14. The van der Waals surface area contributed by atoms with Crippen LogP contribution in [0.1, 0.15) is 17.7 Å². The number of carbonyl (C=O) groups is 1. The van der Waals surface area contributed by atoms with Gasteiger partial charge in [0, 0.05) is 18.3 Å². The molecule has 0 bridgehead atoms. The van der Waals surface area contributed by atoms with Crippen molar-refractivity contribution >= 4 is 33.2 Å². The van der Waals surface area contributed by atoms with Gasteiger partial charge >= 0.3 is 5.69 Å². The van der Waals surface area contributed by atoms with E-state index in [1.165, 1.54) is 10.9 Å². The second kappa shape index (κ2) is 8.12. The smallest absolute Gasteiger partial charge is 0.309 e. The highest BCUT2D eigenvalue weighted by Crippen LogP contribution is 2.17. The molecule has 0 spiro atoms. The van der Waals surface area contributed by atoms with Gasteiger partial charge in [-0.25, -0.2) is 0 Å². The fourth-order valence-electron chi connectivity index (χ4n) is 2.63. The first-order chi connectivity index (χ1) is 12.9. The highest BCUT2D eigenvalue weighted by atomic mass is 79.9. The molecule has 140 valence electrons. The fraction of sp³-hybridized carbons (Fsp3) is 0.235. The predicted molar refractivity (Wildman–Crippen MR) is 102 cm³/mol. The van der Waals surface area contributed by atoms with E-state index in [-0.39, 0.29) is 24.6 Å². The van der Waals surface area contributed by atoms with Crippen LogP contribution in [0.3, 0.4) is 0 Å². The Morgan fingerprint density at radius 3 is 2.81 bits per heavy atom. The molecular formula is C17H17BrN6O3. The summed E-state index contributed by atoms with van der Waals surface area (Å²) in [5.41, 5.74) is 2.07. The number of benzene rings is 1. The monoisotopic (exact) mass is 432 g/mol. The Morgan fingerprint density at radius 1 is 1.33 bits per heavy atom. The number of anilines is 1. The zero-order chi connectivity index (χ0) is 19.4. The van der Waals surface area contributed by atoms with E-state index in [4.69, 9.17) is 0 Å². The van der Waals surface area contributed by atoms with Crippen LogP contribution in [0.5, 0.6) is 0 Å². The molecule has 0 saturated heterocycles. The third-order valence-corrected chi connectivity index (χ3v) is 4.39. The molecule has 0 saturated carbocycles. The number of nitro groups is 1. The van der Waals surface area contributed by atoms with E-state index in [0.717, 1.165) is 10.0 Å². The molecule has 0 unspecified atom stereocenters. The number of nitrogens with one attached hydrogen (secondary N) is 1. The fourth-order valence-corrected chi connectivity index (χ4v) is 2.96. The maximum atomic E-state index is 12.2. The summed E-state index contributed by atoms with van der Waals surface area (Å²) in [4.78, 5) is 22.6. The lowest BCUT2D eigenvalue weighted by atomic mass is 10.2. The number of halogens is 1. The van der Waals surface area contributed by atoms with E-state index in [1.807, 2.05) is 30.5 Å². The summed E-state index contributed by atoms with van der Waals surface area (Å²) in [7, 11) is 0. The van der Waals surface area contributed by atoms with Gasteiger partial charge in [0.05, 0.1) is 28.7 Å². The number of hydrogen-bond donors (Lipinski definition) is 1. The van der Waals surface area contributed by atoms with Gasteiger partial charge in [0.25, 0.3) is 0 Å². The van der Waals surface area contributed by atoms with Crippen LogP contribution in [0.4, 0.5) is 11.4 Å². The molecule has 2 aromatic heterocycles. The van der Waals surface area contributed by atoms with E-state index in [9.17, 15) is 14.9 Å². The lowest BCUT2D eigenvalue weighted by molar-refractivity contribution is -0.385. The van der Waals surface area contributed by atoms with Crippen molar-refractivity contribution in [1.29, 1.82) is 0 Å². The van der Waals surface area contributed by atoms with Crippen LogP contribution in [-0.2, 0) is 17.9 Å². The molecule has 0 aliphatic rings. The van der Waals surface area contributed by atoms with Crippen LogP contribution >= 0.6 is 15.9 Å². The van der Waals surface area contributed by atoms with Gasteiger partial charge in [0.2, 0.25) is 5.91 Å². The summed E-state index contributed by atoms with van der Waals surface area (Å²) in [6.45, 7) is 2.47. The lowest BCUT2D eigenvalue weighted by Crippen LogP contribution is -2.15. The van der Waals surface area contributed by atoms with Gasteiger partial charge in [-0.2, -0.15) is 10.2 Å². The molecule has 1 amide bonds. The maximum absolute atomic E-state index is 12.2. The van der Waals surface area contributed by atoms with Crippen LogP contribution < -0.4 is 5.32 Å². The average molecular weight is 433 g/mol. The molecular weight excluding hydrogens is 416 g/mol.